The molecule has 144 valence electrons. The minimum Gasteiger partial charge on any atom is -0.462 e. The van der Waals surface area contributed by atoms with Crippen LogP contribution in [0.25, 0.3) is 0 Å². The van der Waals surface area contributed by atoms with Crippen molar-refractivity contribution in [3.05, 3.63) is 54.9 Å². The first kappa shape index (κ1) is 20.4. The summed E-state index contributed by atoms with van der Waals surface area (Å²) in [7, 11) is 1.86. The molecule has 1 unspecified atom stereocenters. The normalized spacial score (nSPS) is 16.6. The Kier molecular flexibility index (Phi) is 8.25. The van der Waals surface area contributed by atoms with Crippen LogP contribution in [0.5, 0.6) is 6.01 Å². The van der Waals surface area contributed by atoms with Crippen molar-refractivity contribution in [2.45, 2.75) is 20.3 Å². The van der Waals surface area contributed by atoms with Gasteiger partial charge in [0.1, 0.15) is 12.4 Å². The molecule has 0 bridgehead atoms. The van der Waals surface area contributed by atoms with Crippen molar-refractivity contribution in [3.63, 3.8) is 0 Å². The van der Waals surface area contributed by atoms with Crippen molar-refractivity contribution in [2.75, 3.05) is 30.5 Å². The van der Waals surface area contributed by atoms with E-state index < -0.39 is 0 Å². The van der Waals surface area contributed by atoms with E-state index in [0.29, 0.717) is 30.7 Å². The third-order valence-corrected chi connectivity index (χ3v) is 3.73. The van der Waals surface area contributed by atoms with E-state index in [1.54, 1.807) is 23.4 Å². The number of aromatic nitrogens is 2. The fourth-order valence-corrected chi connectivity index (χ4v) is 2.43. The number of ether oxygens (including phenoxy) is 1. The van der Waals surface area contributed by atoms with E-state index in [1.807, 2.05) is 26.2 Å². The Morgan fingerprint density at radius 3 is 3.00 bits per heavy atom. The minimum atomic E-state index is 0.280. The van der Waals surface area contributed by atoms with E-state index in [4.69, 9.17) is 4.74 Å². The number of hydrogen-bond acceptors (Lipinski definition) is 7. The zero-order valence-electron chi connectivity index (χ0n) is 16.2. The standard InChI is InChI=1S/C20H28N6O/c1-5-11-26(6-2)19-14-18(23-20(24-19)27-12-10-21-4)25-22-15-17-9-7-8-16(3)13-17/h5-7,9,11,13-16,21H,2,8,10,12H2,1,3-4H3,(H,23,24,25)/b11-5-,22-15+. The van der Waals surface area contributed by atoms with Crippen LogP contribution in [0.2, 0.25) is 0 Å². The van der Waals surface area contributed by atoms with Gasteiger partial charge in [-0.2, -0.15) is 15.1 Å². The highest BCUT2D eigenvalue weighted by Crippen LogP contribution is 2.20. The second-order valence-corrected chi connectivity index (χ2v) is 6.07. The Balaban J connectivity index is 2.18. The maximum absolute atomic E-state index is 5.63. The van der Waals surface area contributed by atoms with Gasteiger partial charge in [-0.3, -0.25) is 5.43 Å². The number of nitrogens with one attached hydrogen (secondary N) is 2. The molecule has 1 aliphatic carbocycles. The van der Waals surface area contributed by atoms with E-state index in [2.05, 4.69) is 57.5 Å². The molecule has 0 aliphatic heterocycles. The smallest absolute Gasteiger partial charge is 0.320 e. The van der Waals surface area contributed by atoms with Gasteiger partial charge >= 0.3 is 6.01 Å². The van der Waals surface area contributed by atoms with Crippen LogP contribution in [0.15, 0.2) is 60.0 Å². The van der Waals surface area contributed by atoms with Crippen molar-refractivity contribution in [1.82, 2.24) is 15.3 Å². The Morgan fingerprint density at radius 1 is 1.44 bits per heavy atom. The fraction of sp³-hybridized carbons (Fsp3) is 0.350. The van der Waals surface area contributed by atoms with E-state index in [-0.39, 0.29) is 6.01 Å². The molecule has 0 spiro atoms. The van der Waals surface area contributed by atoms with Crippen molar-refractivity contribution in [2.24, 2.45) is 11.0 Å². The number of nitrogens with zero attached hydrogens (tertiary/aromatic N) is 4. The Hall–Kier alpha value is -2.93. The van der Waals surface area contributed by atoms with Crippen molar-refractivity contribution in [3.8, 4) is 6.01 Å². The largest absolute Gasteiger partial charge is 0.462 e. The van der Waals surface area contributed by atoms with Gasteiger partial charge in [0.15, 0.2) is 5.82 Å². The van der Waals surface area contributed by atoms with E-state index in [0.717, 1.165) is 12.0 Å². The van der Waals surface area contributed by atoms with Gasteiger partial charge in [0.25, 0.3) is 0 Å². The summed E-state index contributed by atoms with van der Waals surface area (Å²) in [6.07, 6.45) is 14.7. The van der Waals surface area contributed by atoms with Crippen LogP contribution in [-0.2, 0) is 0 Å². The van der Waals surface area contributed by atoms with Gasteiger partial charge in [-0.1, -0.05) is 37.8 Å². The van der Waals surface area contributed by atoms with E-state index in [9.17, 15) is 0 Å². The molecule has 2 N–H and O–H groups in total. The Bertz CT molecular complexity index is 738. The summed E-state index contributed by atoms with van der Waals surface area (Å²) in [6.45, 7) is 9.10. The van der Waals surface area contributed by atoms with Crippen LogP contribution in [0.1, 0.15) is 20.3 Å². The lowest BCUT2D eigenvalue weighted by molar-refractivity contribution is 0.294. The summed E-state index contributed by atoms with van der Waals surface area (Å²) in [6, 6.07) is 2.07. The summed E-state index contributed by atoms with van der Waals surface area (Å²) in [4.78, 5) is 10.6. The first-order valence-electron chi connectivity index (χ1n) is 9.04. The maximum Gasteiger partial charge on any atom is 0.320 e. The molecule has 1 aromatic heterocycles. The molecular weight excluding hydrogens is 340 g/mol. The number of anilines is 2. The van der Waals surface area contributed by atoms with E-state index in [1.165, 1.54) is 0 Å². The summed E-state index contributed by atoms with van der Waals surface area (Å²) in [5.74, 6) is 1.71. The fourth-order valence-electron chi connectivity index (χ4n) is 2.43. The van der Waals surface area contributed by atoms with Gasteiger partial charge < -0.3 is 15.0 Å². The zero-order valence-corrected chi connectivity index (χ0v) is 16.2. The molecule has 27 heavy (non-hydrogen) atoms. The molecular formula is C20H28N6O. The Morgan fingerprint density at radius 2 is 2.30 bits per heavy atom. The molecule has 0 aromatic carbocycles. The molecule has 1 aromatic rings. The number of likely N-dealkylation sites (N-methyl/N-ethyl adjacent to an activating group) is 1. The summed E-state index contributed by atoms with van der Waals surface area (Å²) in [5.41, 5.74) is 4.03. The molecule has 0 saturated carbocycles. The van der Waals surface area contributed by atoms with Gasteiger partial charge in [0.2, 0.25) is 0 Å². The minimum absolute atomic E-state index is 0.280. The van der Waals surface area contributed by atoms with Crippen LogP contribution in [0.4, 0.5) is 11.6 Å². The molecule has 0 radical (unpaired) electrons. The van der Waals surface area contributed by atoms with Crippen LogP contribution in [-0.4, -0.2) is 36.4 Å². The van der Waals surface area contributed by atoms with Crippen molar-refractivity contribution >= 4 is 17.9 Å². The second-order valence-electron chi connectivity index (χ2n) is 6.07. The van der Waals surface area contributed by atoms with Gasteiger partial charge in [0, 0.05) is 25.0 Å². The molecule has 2 rings (SSSR count). The van der Waals surface area contributed by atoms with Crippen molar-refractivity contribution < 1.29 is 4.74 Å². The average Bonchev–Trinajstić information content (AvgIpc) is 2.66. The van der Waals surface area contributed by atoms with Crippen LogP contribution in [0.3, 0.4) is 0 Å². The van der Waals surface area contributed by atoms with E-state index >= 15 is 0 Å². The first-order chi connectivity index (χ1) is 13.2. The topological polar surface area (TPSA) is 74.7 Å². The number of hydrazone groups is 1. The highest BCUT2D eigenvalue weighted by Gasteiger charge is 2.09. The summed E-state index contributed by atoms with van der Waals surface area (Å²) in [5, 5.41) is 7.32. The van der Waals surface area contributed by atoms with Crippen molar-refractivity contribution in [1.29, 1.82) is 0 Å². The highest BCUT2D eigenvalue weighted by molar-refractivity contribution is 5.83. The van der Waals surface area contributed by atoms with Gasteiger partial charge in [0.05, 0.1) is 6.21 Å². The lowest BCUT2D eigenvalue weighted by atomic mass is 9.99. The maximum atomic E-state index is 5.63. The lowest BCUT2D eigenvalue weighted by Gasteiger charge is -2.16. The van der Waals surface area contributed by atoms with Crippen LogP contribution >= 0.6 is 0 Å². The SMILES string of the molecule is C=CN(/C=C\C)c1cc(N/N=C/C2=CC(C)CC=C2)nc(OCCNC)n1. The predicted molar refractivity (Wildman–Crippen MR) is 112 cm³/mol. The monoisotopic (exact) mass is 368 g/mol. The average molecular weight is 368 g/mol. The molecule has 1 atom stereocenters. The number of hydrogen-bond donors (Lipinski definition) is 2. The lowest BCUT2D eigenvalue weighted by Crippen LogP contribution is -2.17. The highest BCUT2D eigenvalue weighted by atomic mass is 16.5. The summed E-state index contributed by atoms with van der Waals surface area (Å²) >= 11 is 0. The molecule has 0 saturated heterocycles. The van der Waals surface area contributed by atoms with Crippen LogP contribution in [0, 0.1) is 5.92 Å². The summed E-state index contributed by atoms with van der Waals surface area (Å²) < 4.78 is 5.63. The van der Waals surface area contributed by atoms with Gasteiger partial charge in [-0.05, 0) is 31.9 Å². The molecule has 7 nitrogen and oxygen atoms in total. The number of allylic oxidation sites excluding steroid dienone is 5. The molecule has 0 fully saturated rings. The van der Waals surface area contributed by atoms with Crippen LogP contribution < -0.4 is 20.4 Å². The molecule has 0 amide bonds. The van der Waals surface area contributed by atoms with Gasteiger partial charge in [-0.15, -0.1) is 0 Å². The number of rotatable bonds is 10. The molecule has 7 heteroatoms. The third-order valence-electron chi connectivity index (χ3n) is 3.73. The quantitative estimate of drug-likeness (QED) is 0.374. The molecule has 1 aliphatic rings. The Labute approximate surface area is 161 Å². The first-order valence-corrected chi connectivity index (χ1v) is 9.04. The van der Waals surface area contributed by atoms with Gasteiger partial charge in [-0.25, -0.2) is 0 Å². The zero-order chi connectivity index (χ0) is 19.5. The third kappa shape index (κ3) is 6.71. The second kappa shape index (κ2) is 10.9. The predicted octanol–water partition coefficient (Wildman–Crippen LogP) is 3.48. The molecule has 1 heterocycles.